The largest absolute Gasteiger partial charge is 0.416 e. The molecule has 0 saturated heterocycles. The average Bonchev–Trinajstić information content (AvgIpc) is 3.47. The highest BCUT2D eigenvalue weighted by molar-refractivity contribution is 7.89. The Bertz CT molecular complexity index is 1700. The molecule has 3 heterocycles. The molecule has 2 aliphatic rings. The van der Waals surface area contributed by atoms with Gasteiger partial charge in [0, 0.05) is 48.7 Å². The maximum atomic E-state index is 14.7. The number of hydrogen-bond acceptors (Lipinski definition) is 6. The molecule has 40 heavy (non-hydrogen) atoms. The predicted octanol–water partition coefficient (Wildman–Crippen LogP) is 4.90. The first-order valence-corrected chi connectivity index (χ1v) is 14.1. The van der Waals surface area contributed by atoms with E-state index >= 15 is 0 Å². The predicted molar refractivity (Wildman–Crippen MR) is 132 cm³/mol. The monoisotopic (exact) mass is 581 g/mol. The third-order valence-corrected chi connectivity index (χ3v) is 8.82. The van der Waals surface area contributed by atoms with Crippen molar-refractivity contribution in [3.8, 4) is 11.3 Å². The zero-order chi connectivity index (χ0) is 28.4. The van der Waals surface area contributed by atoms with E-state index in [0.717, 1.165) is 30.7 Å². The fourth-order valence-electron chi connectivity index (χ4n) is 5.31. The number of aryl methyl sites for hydroxylation is 1. The van der Waals surface area contributed by atoms with Gasteiger partial charge < -0.3 is 4.57 Å². The van der Waals surface area contributed by atoms with Crippen molar-refractivity contribution in [1.82, 2.24) is 34.1 Å². The Hall–Kier alpha value is -3.46. The fourth-order valence-corrected chi connectivity index (χ4v) is 6.63. The SMILES string of the molecule is Cc1nncn1C1CC(NS(=O)(=O)c2cc(-c3ccnc4cc(C5CC5)nn34)cc(C(F)(F)F)c2)CC(F)(F)C1. The lowest BCUT2D eigenvalue weighted by Gasteiger charge is -2.35. The molecule has 1 aromatic carbocycles. The Labute approximate surface area is 225 Å². The second-order valence-corrected chi connectivity index (χ2v) is 12.2. The summed E-state index contributed by atoms with van der Waals surface area (Å²) < 4.78 is 103. The van der Waals surface area contributed by atoms with E-state index in [9.17, 15) is 30.4 Å². The van der Waals surface area contributed by atoms with Gasteiger partial charge in [-0.05, 0) is 50.5 Å². The van der Waals surface area contributed by atoms with Crippen molar-refractivity contribution in [3.05, 3.63) is 59.9 Å². The summed E-state index contributed by atoms with van der Waals surface area (Å²) in [7, 11) is -4.65. The molecule has 0 spiro atoms. The van der Waals surface area contributed by atoms with Gasteiger partial charge in [0.2, 0.25) is 10.0 Å². The van der Waals surface area contributed by atoms with Crippen molar-refractivity contribution in [2.24, 2.45) is 0 Å². The number of halogens is 5. The van der Waals surface area contributed by atoms with Gasteiger partial charge in [-0.2, -0.15) is 18.3 Å². The van der Waals surface area contributed by atoms with Crippen molar-refractivity contribution in [2.75, 3.05) is 0 Å². The molecular formula is C25H24F5N7O2S. The van der Waals surface area contributed by atoms with E-state index in [1.807, 2.05) is 0 Å². The quantitative estimate of drug-likeness (QED) is 0.325. The molecule has 212 valence electrons. The molecule has 15 heteroatoms. The number of alkyl halides is 5. The van der Waals surface area contributed by atoms with Crippen LogP contribution in [0, 0.1) is 6.92 Å². The highest BCUT2D eigenvalue weighted by Crippen LogP contribution is 2.42. The Morgan fingerprint density at radius 1 is 1.10 bits per heavy atom. The lowest BCUT2D eigenvalue weighted by molar-refractivity contribution is -0.137. The van der Waals surface area contributed by atoms with Crippen molar-refractivity contribution in [2.45, 2.75) is 74.0 Å². The van der Waals surface area contributed by atoms with Crippen LogP contribution < -0.4 is 4.72 Å². The van der Waals surface area contributed by atoms with Crippen LogP contribution in [0.4, 0.5) is 22.0 Å². The van der Waals surface area contributed by atoms with Crippen molar-refractivity contribution in [1.29, 1.82) is 0 Å². The summed E-state index contributed by atoms with van der Waals surface area (Å²) in [6, 6.07) is 3.60. The fraction of sp³-hybridized carbons (Fsp3) is 0.440. The minimum Gasteiger partial charge on any atom is -0.314 e. The van der Waals surface area contributed by atoms with Gasteiger partial charge in [-0.1, -0.05) is 0 Å². The highest BCUT2D eigenvalue weighted by Gasteiger charge is 2.44. The van der Waals surface area contributed by atoms with Crippen molar-refractivity contribution >= 4 is 15.7 Å². The number of rotatable bonds is 6. The summed E-state index contributed by atoms with van der Waals surface area (Å²) in [5, 5.41) is 12.0. The normalized spacial score (nSPS) is 21.6. The maximum Gasteiger partial charge on any atom is 0.416 e. The molecular weight excluding hydrogens is 557 g/mol. The summed E-state index contributed by atoms with van der Waals surface area (Å²) in [5.74, 6) is -2.57. The summed E-state index contributed by atoms with van der Waals surface area (Å²) >= 11 is 0. The molecule has 2 saturated carbocycles. The topological polar surface area (TPSA) is 107 Å². The van der Waals surface area contributed by atoms with Crippen LogP contribution in [0.15, 0.2) is 47.8 Å². The van der Waals surface area contributed by atoms with Gasteiger partial charge in [-0.25, -0.2) is 31.4 Å². The van der Waals surface area contributed by atoms with Crippen molar-refractivity contribution in [3.63, 3.8) is 0 Å². The number of hydrogen-bond donors (Lipinski definition) is 1. The zero-order valence-corrected chi connectivity index (χ0v) is 21.9. The van der Waals surface area contributed by atoms with E-state index in [1.165, 1.54) is 27.7 Å². The molecule has 2 aliphatic carbocycles. The van der Waals surface area contributed by atoms with Gasteiger partial charge in [-0.3, -0.25) is 0 Å². The number of aromatic nitrogens is 6. The molecule has 0 amide bonds. The molecule has 2 unspecified atom stereocenters. The van der Waals surface area contributed by atoms with Crippen LogP contribution in [0.1, 0.15) is 61.1 Å². The first-order chi connectivity index (χ1) is 18.8. The molecule has 2 fully saturated rings. The molecule has 4 aromatic rings. The summed E-state index contributed by atoms with van der Waals surface area (Å²) in [4.78, 5) is 3.54. The van der Waals surface area contributed by atoms with Gasteiger partial charge in [0.1, 0.15) is 12.2 Å². The van der Waals surface area contributed by atoms with Gasteiger partial charge in [0.25, 0.3) is 5.92 Å². The lowest BCUT2D eigenvalue weighted by Crippen LogP contribution is -2.45. The van der Waals surface area contributed by atoms with Gasteiger partial charge in [-0.15, -0.1) is 10.2 Å². The number of benzene rings is 1. The van der Waals surface area contributed by atoms with E-state index < -0.39 is 57.5 Å². The summed E-state index contributed by atoms with van der Waals surface area (Å²) in [6.07, 6.45) is -1.60. The van der Waals surface area contributed by atoms with Crippen LogP contribution in [0.5, 0.6) is 0 Å². The number of nitrogens with one attached hydrogen (secondary N) is 1. The second-order valence-electron chi connectivity index (χ2n) is 10.4. The molecule has 9 nitrogen and oxygen atoms in total. The van der Waals surface area contributed by atoms with Crippen LogP contribution in [-0.2, 0) is 16.2 Å². The Balaban J connectivity index is 1.38. The third-order valence-electron chi connectivity index (χ3n) is 7.32. The molecule has 0 bridgehead atoms. The summed E-state index contributed by atoms with van der Waals surface area (Å²) in [6.45, 7) is 1.59. The van der Waals surface area contributed by atoms with Crippen LogP contribution >= 0.6 is 0 Å². The molecule has 0 aliphatic heterocycles. The van der Waals surface area contributed by atoms with Crippen LogP contribution in [0.2, 0.25) is 0 Å². The Kier molecular flexibility index (Phi) is 6.22. The average molecular weight is 582 g/mol. The second kappa shape index (κ2) is 9.29. The first kappa shape index (κ1) is 26.7. The van der Waals surface area contributed by atoms with Crippen molar-refractivity contribution < 1.29 is 30.4 Å². The summed E-state index contributed by atoms with van der Waals surface area (Å²) in [5.41, 5.74) is 0.139. The smallest absolute Gasteiger partial charge is 0.314 e. The minimum absolute atomic E-state index is 0.0122. The highest BCUT2D eigenvalue weighted by atomic mass is 32.2. The Morgan fingerprint density at radius 2 is 1.88 bits per heavy atom. The van der Waals surface area contributed by atoms with Crippen LogP contribution in [0.3, 0.4) is 0 Å². The molecule has 2 atom stereocenters. The minimum atomic E-state index is -4.87. The van der Waals surface area contributed by atoms with Gasteiger partial charge in [0.05, 0.1) is 21.8 Å². The molecule has 0 radical (unpaired) electrons. The standard InChI is InChI=1S/C25H24F5N7O2S/c1-14-33-32-13-36(14)19-9-18(11-24(26,27)12-19)35-40(38,39)20-7-16(6-17(8-20)25(28,29)30)22-4-5-31-23-10-21(15-2-3-15)34-37(22)23/h4-8,10,13,15,18-19,35H,2-3,9,11-12H2,1H3. The zero-order valence-electron chi connectivity index (χ0n) is 21.1. The maximum absolute atomic E-state index is 14.7. The van der Waals surface area contributed by atoms with E-state index in [1.54, 1.807) is 13.0 Å². The molecule has 6 rings (SSSR count). The molecule has 3 aromatic heterocycles. The van der Waals surface area contributed by atoms with Crippen LogP contribution in [-0.4, -0.2) is 49.7 Å². The number of fused-ring (bicyclic) bond motifs is 1. The van der Waals surface area contributed by atoms with E-state index in [0.29, 0.717) is 17.5 Å². The molecule has 1 N–H and O–H groups in total. The number of sulfonamides is 1. The number of nitrogens with zero attached hydrogens (tertiary/aromatic N) is 6. The van der Waals surface area contributed by atoms with Gasteiger partial charge >= 0.3 is 6.18 Å². The third kappa shape index (κ3) is 5.19. The van der Waals surface area contributed by atoms with E-state index in [4.69, 9.17) is 0 Å². The van der Waals surface area contributed by atoms with Gasteiger partial charge in [0.15, 0.2) is 5.65 Å². The van der Waals surface area contributed by atoms with E-state index in [2.05, 4.69) is 25.0 Å². The van der Waals surface area contributed by atoms with E-state index in [-0.39, 0.29) is 23.6 Å². The Morgan fingerprint density at radius 3 is 2.55 bits per heavy atom. The first-order valence-electron chi connectivity index (χ1n) is 12.6. The lowest BCUT2D eigenvalue weighted by atomic mass is 9.88. The van der Waals surface area contributed by atoms with Crippen LogP contribution in [0.25, 0.3) is 16.9 Å².